The van der Waals surface area contributed by atoms with Crippen molar-refractivity contribution in [2.24, 2.45) is 0 Å². The highest BCUT2D eigenvalue weighted by Crippen LogP contribution is 2.17. The van der Waals surface area contributed by atoms with Crippen molar-refractivity contribution in [3.05, 3.63) is 30.0 Å². The van der Waals surface area contributed by atoms with Crippen LogP contribution in [0.25, 0.3) is 11.0 Å². The van der Waals surface area contributed by atoms with Crippen molar-refractivity contribution in [3.63, 3.8) is 0 Å². The first-order valence-electron chi connectivity index (χ1n) is 4.39. The Morgan fingerprint density at radius 1 is 1.50 bits per heavy atom. The van der Waals surface area contributed by atoms with E-state index in [-0.39, 0.29) is 0 Å². The van der Waals surface area contributed by atoms with Gasteiger partial charge in [0.05, 0.1) is 18.0 Å². The molecule has 2 N–H and O–H groups in total. The number of hydrogen-bond donors (Lipinski definition) is 2. The Balaban J connectivity index is 2.38. The summed E-state index contributed by atoms with van der Waals surface area (Å²) in [5.74, 6) is 0.434. The molecule has 1 aromatic carbocycles. The van der Waals surface area contributed by atoms with Crippen LogP contribution in [0.15, 0.2) is 28.8 Å². The van der Waals surface area contributed by atoms with Crippen LogP contribution in [0, 0.1) is 5.41 Å². The third kappa shape index (κ3) is 1.46. The van der Waals surface area contributed by atoms with E-state index in [0.29, 0.717) is 12.3 Å². The second-order valence-electron chi connectivity index (χ2n) is 3.03. The Bertz CT molecular complexity index is 461. The number of amidine groups is 1. The topological polar surface area (TPSA) is 61.9 Å². The molecule has 0 saturated carbocycles. The van der Waals surface area contributed by atoms with Gasteiger partial charge in [0.25, 0.3) is 0 Å². The smallest absolute Gasteiger partial charge is 0.167 e. The maximum Gasteiger partial charge on any atom is 0.167 e. The number of para-hydroxylation sites is 1. The van der Waals surface area contributed by atoms with Crippen LogP contribution in [-0.2, 0) is 6.42 Å². The average molecular weight is 189 g/mol. The van der Waals surface area contributed by atoms with Crippen LogP contribution in [0.2, 0.25) is 0 Å². The highest BCUT2D eigenvalue weighted by Gasteiger charge is 2.08. The molecule has 0 spiro atoms. The number of hydrogen-bond acceptors (Lipinski definition) is 3. The first-order chi connectivity index (χ1) is 6.81. The molecule has 0 unspecified atom stereocenters. The molecule has 72 valence electrons. The lowest BCUT2D eigenvalue weighted by atomic mass is 10.1. The van der Waals surface area contributed by atoms with E-state index in [1.165, 1.54) is 0 Å². The summed E-state index contributed by atoms with van der Waals surface area (Å²) >= 11 is 0. The van der Waals surface area contributed by atoms with Gasteiger partial charge in [0.2, 0.25) is 0 Å². The van der Waals surface area contributed by atoms with Gasteiger partial charge < -0.3 is 9.84 Å². The van der Waals surface area contributed by atoms with E-state index in [1.807, 2.05) is 24.3 Å². The molecule has 14 heavy (non-hydrogen) atoms. The summed E-state index contributed by atoms with van der Waals surface area (Å²) < 4.78 is 5.12. The van der Waals surface area contributed by atoms with Crippen molar-refractivity contribution in [3.8, 4) is 0 Å². The Labute approximate surface area is 81.4 Å². The molecule has 4 heteroatoms. The summed E-state index contributed by atoms with van der Waals surface area (Å²) in [5, 5.41) is 15.2. The molecule has 0 fully saturated rings. The summed E-state index contributed by atoms with van der Waals surface area (Å²) in [6.45, 7) is 0. The van der Waals surface area contributed by atoms with Gasteiger partial charge in [0, 0.05) is 12.4 Å². The van der Waals surface area contributed by atoms with Gasteiger partial charge >= 0.3 is 0 Å². The second-order valence-corrected chi connectivity index (χ2v) is 3.03. The van der Waals surface area contributed by atoms with Gasteiger partial charge in [-0.3, -0.25) is 5.41 Å². The summed E-state index contributed by atoms with van der Waals surface area (Å²) in [7, 11) is 1.73. The van der Waals surface area contributed by atoms with Crippen LogP contribution < -0.4 is 5.32 Å². The molecule has 0 aliphatic carbocycles. The van der Waals surface area contributed by atoms with Gasteiger partial charge in [-0.05, 0) is 12.1 Å². The Kier molecular flexibility index (Phi) is 2.18. The van der Waals surface area contributed by atoms with E-state index >= 15 is 0 Å². The molecular formula is C10H11N3O. The van der Waals surface area contributed by atoms with Crippen molar-refractivity contribution >= 4 is 16.8 Å². The molecule has 0 amide bonds. The average Bonchev–Trinajstić information content (AvgIpc) is 2.62. The molecule has 1 heterocycles. The molecule has 0 atom stereocenters. The zero-order chi connectivity index (χ0) is 9.97. The lowest BCUT2D eigenvalue weighted by Crippen LogP contribution is -2.19. The van der Waals surface area contributed by atoms with Crippen molar-refractivity contribution in [2.45, 2.75) is 6.42 Å². The zero-order valence-corrected chi connectivity index (χ0v) is 7.87. The molecular weight excluding hydrogens is 178 g/mol. The Morgan fingerprint density at radius 2 is 2.29 bits per heavy atom. The van der Waals surface area contributed by atoms with Crippen molar-refractivity contribution < 1.29 is 4.52 Å². The van der Waals surface area contributed by atoms with Crippen LogP contribution in [0.5, 0.6) is 0 Å². The summed E-state index contributed by atoms with van der Waals surface area (Å²) in [5.41, 5.74) is 1.58. The molecule has 0 radical (unpaired) electrons. The molecule has 2 aromatic rings. The SMILES string of the molecule is CNC(=N)Cc1noc2ccccc12. The molecule has 0 bridgehead atoms. The van der Waals surface area contributed by atoms with Crippen LogP contribution in [-0.4, -0.2) is 18.0 Å². The van der Waals surface area contributed by atoms with Gasteiger partial charge in [0.15, 0.2) is 5.58 Å². The van der Waals surface area contributed by atoms with Gasteiger partial charge in [-0.1, -0.05) is 17.3 Å². The number of nitrogens with one attached hydrogen (secondary N) is 2. The maximum absolute atomic E-state index is 7.50. The summed E-state index contributed by atoms with van der Waals surface area (Å²) in [6, 6.07) is 7.66. The van der Waals surface area contributed by atoms with Crippen LogP contribution in [0.3, 0.4) is 0 Å². The standard InChI is InChI=1S/C10H11N3O/c1-12-10(11)6-8-7-4-2-3-5-9(7)14-13-8/h2-5H,6H2,1H3,(H2,11,12). The molecule has 2 rings (SSSR count). The predicted molar refractivity (Wildman–Crippen MR) is 54.5 cm³/mol. The van der Waals surface area contributed by atoms with Gasteiger partial charge in [-0.2, -0.15) is 0 Å². The van der Waals surface area contributed by atoms with Crippen molar-refractivity contribution in [2.75, 3.05) is 7.05 Å². The first-order valence-corrected chi connectivity index (χ1v) is 4.39. The third-order valence-corrected chi connectivity index (χ3v) is 2.10. The number of aromatic nitrogens is 1. The minimum Gasteiger partial charge on any atom is -0.377 e. The summed E-state index contributed by atoms with van der Waals surface area (Å²) in [6.07, 6.45) is 0.480. The van der Waals surface area contributed by atoms with E-state index in [4.69, 9.17) is 9.93 Å². The van der Waals surface area contributed by atoms with Gasteiger partial charge in [-0.25, -0.2) is 0 Å². The normalized spacial score (nSPS) is 10.4. The fourth-order valence-electron chi connectivity index (χ4n) is 1.32. The number of fused-ring (bicyclic) bond motifs is 1. The zero-order valence-electron chi connectivity index (χ0n) is 7.87. The van der Waals surface area contributed by atoms with E-state index in [2.05, 4.69) is 10.5 Å². The van der Waals surface area contributed by atoms with Gasteiger partial charge in [0.1, 0.15) is 0 Å². The first kappa shape index (κ1) is 8.74. The van der Waals surface area contributed by atoms with Crippen LogP contribution in [0.4, 0.5) is 0 Å². The van der Waals surface area contributed by atoms with E-state index in [1.54, 1.807) is 7.05 Å². The predicted octanol–water partition coefficient (Wildman–Crippen LogP) is 1.57. The third-order valence-electron chi connectivity index (χ3n) is 2.10. The van der Waals surface area contributed by atoms with Gasteiger partial charge in [-0.15, -0.1) is 0 Å². The fraction of sp³-hybridized carbons (Fsp3) is 0.200. The second kappa shape index (κ2) is 3.49. The minimum absolute atomic E-state index is 0.434. The monoisotopic (exact) mass is 189 g/mol. The molecule has 1 aromatic heterocycles. The quantitative estimate of drug-likeness (QED) is 0.556. The lowest BCUT2D eigenvalue weighted by molar-refractivity contribution is 0.448. The Morgan fingerprint density at radius 3 is 3.07 bits per heavy atom. The maximum atomic E-state index is 7.50. The largest absolute Gasteiger partial charge is 0.377 e. The lowest BCUT2D eigenvalue weighted by Gasteiger charge is -1.98. The fourth-order valence-corrected chi connectivity index (χ4v) is 1.32. The van der Waals surface area contributed by atoms with Crippen molar-refractivity contribution in [1.82, 2.24) is 10.5 Å². The van der Waals surface area contributed by atoms with E-state index in [0.717, 1.165) is 16.7 Å². The minimum atomic E-state index is 0.434. The highest BCUT2D eigenvalue weighted by atomic mass is 16.5. The molecule has 0 aliphatic rings. The molecule has 4 nitrogen and oxygen atoms in total. The molecule has 0 aliphatic heterocycles. The summed E-state index contributed by atoms with van der Waals surface area (Å²) in [4.78, 5) is 0. The number of rotatable bonds is 2. The van der Waals surface area contributed by atoms with Crippen molar-refractivity contribution in [1.29, 1.82) is 5.41 Å². The highest BCUT2D eigenvalue weighted by molar-refractivity contribution is 5.87. The number of benzene rings is 1. The van der Waals surface area contributed by atoms with E-state index in [9.17, 15) is 0 Å². The van der Waals surface area contributed by atoms with Crippen LogP contribution >= 0.6 is 0 Å². The van der Waals surface area contributed by atoms with Crippen LogP contribution in [0.1, 0.15) is 5.69 Å². The van der Waals surface area contributed by atoms with E-state index < -0.39 is 0 Å². The number of likely N-dealkylation sites (N-methyl/N-ethyl adjacent to an activating group) is 1. The molecule has 0 saturated heterocycles. The number of nitrogens with zero attached hydrogens (tertiary/aromatic N) is 1. The Hall–Kier alpha value is -1.84.